The van der Waals surface area contributed by atoms with Gasteiger partial charge in [-0.2, -0.15) is 0 Å². The van der Waals surface area contributed by atoms with Crippen LogP contribution >= 0.6 is 0 Å². The van der Waals surface area contributed by atoms with Crippen LogP contribution in [0, 0.1) is 0 Å². The van der Waals surface area contributed by atoms with E-state index in [9.17, 15) is 4.79 Å². The molecule has 0 bridgehead atoms. The lowest BCUT2D eigenvalue weighted by atomic mass is 10.2. The summed E-state index contributed by atoms with van der Waals surface area (Å²) in [6.45, 7) is 0.833. The first-order valence-corrected chi connectivity index (χ1v) is 6.09. The molecule has 3 rings (SSSR count). The van der Waals surface area contributed by atoms with Gasteiger partial charge in [0, 0.05) is 6.54 Å². The van der Waals surface area contributed by atoms with Gasteiger partial charge in [-0.15, -0.1) is 0 Å². The van der Waals surface area contributed by atoms with Crippen LogP contribution in [0.25, 0.3) is 11.0 Å². The van der Waals surface area contributed by atoms with Gasteiger partial charge in [-0.3, -0.25) is 0 Å². The molecule has 1 aromatic carbocycles. The van der Waals surface area contributed by atoms with Gasteiger partial charge < -0.3 is 14.6 Å². The Bertz CT molecular complexity index is 545. The molecule has 1 aliphatic rings. The minimum atomic E-state index is -0.212. The van der Waals surface area contributed by atoms with Crippen molar-refractivity contribution >= 4 is 23.0 Å². The van der Waals surface area contributed by atoms with Crippen LogP contribution in [-0.4, -0.2) is 35.6 Å². The minimum Gasteiger partial charge on any atom is -0.467 e. The second-order valence-electron chi connectivity index (χ2n) is 4.45. The van der Waals surface area contributed by atoms with Gasteiger partial charge in [-0.1, -0.05) is 12.1 Å². The molecule has 1 unspecified atom stereocenters. The maximum absolute atomic E-state index is 11.7. The van der Waals surface area contributed by atoms with E-state index in [1.165, 1.54) is 7.11 Å². The van der Waals surface area contributed by atoms with Crippen molar-refractivity contribution in [2.75, 3.05) is 18.6 Å². The molecule has 1 N–H and O–H groups in total. The third kappa shape index (κ3) is 1.72. The molecule has 0 aliphatic carbocycles. The van der Waals surface area contributed by atoms with E-state index in [4.69, 9.17) is 4.74 Å². The maximum atomic E-state index is 11.7. The molecule has 2 aromatic rings. The molecule has 5 nitrogen and oxygen atoms in total. The van der Waals surface area contributed by atoms with Crippen LogP contribution in [0.2, 0.25) is 0 Å². The van der Waals surface area contributed by atoms with Crippen molar-refractivity contribution in [3.8, 4) is 0 Å². The number of carbonyl (C=O) groups is 1. The molecule has 1 saturated heterocycles. The Kier molecular flexibility index (Phi) is 2.66. The van der Waals surface area contributed by atoms with E-state index in [1.54, 1.807) is 0 Å². The van der Waals surface area contributed by atoms with E-state index < -0.39 is 0 Å². The average Bonchev–Trinajstić information content (AvgIpc) is 3.03. The number of aromatic nitrogens is 2. The number of aromatic amines is 1. The van der Waals surface area contributed by atoms with Gasteiger partial charge in [0.05, 0.1) is 18.1 Å². The summed E-state index contributed by atoms with van der Waals surface area (Å²) >= 11 is 0. The number of para-hydroxylation sites is 2. The van der Waals surface area contributed by atoms with Crippen molar-refractivity contribution < 1.29 is 9.53 Å². The standard InChI is InChI=1S/C13H15N3O2/c1-18-12(17)11-7-4-8-16(11)13-14-9-5-2-3-6-10(9)15-13/h2-3,5-6,11H,4,7-8H2,1H3,(H,14,15). The highest BCUT2D eigenvalue weighted by atomic mass is 16.5. The number of esters is 1. The number of methoxy groups -OCH3 is 1. The van der Waals surface area contributed by atoms with Crippen LogP contribution < -0.4 is 4.90 Å². The zero-order chi connectivity index (χ0) is 12.5. The molecular weight excluding hydrogens is 230 g/mol. The summed E-state index contributed by atoms with van der Waals surface area (Å²) < 4.78 is 4.84. The number of hydrogen-bond donors (Lipinski definition) is 1. The lowest BCUT2D eigenvalue weighted by Crippen LogP contribution is -2.37. The lowest BCUT2D eigenvalue weighted by molar-refractivity contribution is -0.141. The highest BCUT2D eigenvalue weighted by molar-refractivity contribution is 5.82. The van der Waals surface area contributed by atoms with E-state index in [0.717, 1.165) is 36.4 Å². The molecule has 0 saturated carbocycles. The van der Waals surface area contributed by atoms with Crippen molar-refractivity contribution in [1.82, 2.24) is 9.97 Å². The monoisotopic (exact) mass is 245 g/mol. The lowest BCUT2D eigenvalue weighted by Gasteiger charge is -2.21. The van der Waals surface area contributed by atoms with E-state index in [1.807, 2.05) is 29.2 Å². The van der Waals surface area contributed by atoms with Crippen LogP contribution in [0.4, 0.5) is 5.95 Å². The third-order valence-corrected chi connectivity index (χ3v) is 3.37. The smallest absolute Gasteiger partial charge is 0.328 e. The van der Waals surface area contributed by atoms with Crippen molar-refractivity contribution in [3.63, 3.8) is 0 Å². The summed E-state index contributed by atoms with van der Waals surface area (Å²) in [4.78, 5) is 21.5. The van der Waals surface area contributed by atoms with E-state index in [-0.39, 0.29) is 12.0 Å². The summed E-state index contributed by atoms with van der Waals surface area (Å²) in [6.07, 6.45) is 1.81. The Morgan fingerprint density at radius 3 is 3.11 bits per heavy atom. The zero-order valence-corrected chi connectivity index (χ0v) is 10.2. The molecule has 1 fully saturated rings. The molecule has 1 aliphatic heterocycles. The number of benzene rings is 1. The topological polar surface area (TPSA) is 58.2 Å². The predicted octanol–water partition coefficient (Wildman–Crippen LogP) is 1.70. The van der Waals surface area contributed by atoms with Gasteiger partial charge in [-0.05, 0) is 25.0 Å². The van der Waals surface area contributed by atoms with Gasteiger partial charge in [0.1, 0.15) is 6.04 Å². The minimum absolute atomic E-state index is 0.187. The second kappa shape index (κ2) is 4.33. The number of nitrogens with one attached hydrogen (secondary N) is 1. The molecule has 18 heavy (non-hydrogen) atoms. The molecule has 1 atom stereocenters. The fourth-order valence-electron chi connectivity index (χ4n) is 2.48. The first kappa shape index (κ1) is 11.1. The number of fused-ring (bicyclic) bond motifs is 1. The van der Waals surface area contributed by atoms with Gasteiger partial charge in [-0.25, -0.2) is 9.78 Å². The summed E-state index contributed by atoms with van der Waals surface area (Å²) in [5, 5.41) is 0. The van der Waals surface area contributed by atoms with Crippen LogP contribution in [0.5, 0.6) is 0 Å². The van der Waals surface area contributed by atoms with Gasteiger partial charge >= 0.3 is 5.97 Å². The molecular formula is C13H15N3O2. The fraction of sp³-hybridized carbons (Fsp3) is 0.385. The van der Waals surface area contributed by atoms with E-state index >= 15 is 0 Å². The zero-order valence-electron chi connectivity index (χ0n) is 10.2. The van der Waals surface area contributed by atoms with Crippen molar-refractivity contribution in [2.24, 2.45) is 0 Å². The number of H-pyrrole nitrogens is 1. The molecule has 2 heterocycles. The normalized spacial score (nSPS) is 19.4. The van der Waals surface area contributed by atoms with Gasteiger partial charge in [0.2, 0.25) is 5.95 Å². The molecule has 0 spiro atoms. The number of ether oxygens (including phenoxy) is 1. The summed E-state index contributed by atoms with van der Waals surface area (Å²) in [5.41, 5.74) is 1.91. The van der Waals surface area contributed by atoms with Gasteiger partial charge in [0.25, 0.3) is 0 Å². The molecule has 1 aromatic heterocycles. The van der Waals surface area contributed by atoms with Crippen molar-refractivity contribution in [3.05, 3.63) is 24.3 Å². The summed E-state index contributed by atoms with van der Waals surface area (Å²) in [7, 11) is 1.43. The molecule has 0 radical (unpaired) electrons. The number of imidazole rings is 1. The average molecular weight is 245 g/mol. The third-order valence-electron chi connectivity index (χ3n) is 3.37. The molecule has 0 amide bonds. The van der Waals surface area contributed by atoms with Crippen LogP contribution in [0.15, 0.2) is 24.3 Å². The maximum Gasteiger partial charge on any atom is 0.328 e. The van der Waals surface area contributed by atoms with Gasteiger partial charge in [0.15, 0.2) is 0 Å². The first-order valence-electron chi connectivity index (χ1n) is 6.09. The second-order valence-corrected chi connectivity index (χ2v) is 4.45. The predicted molar refractivity (Wildman–Crippen MR) is 68.5 cm³/mol. The number of anilines is 1. The van der Waals surface area contributed by atoms with E-state index in [0.29, 0.717) is 0 Å². The van der Waals surface area contributed by atoms with E-state index in [2.05, 4.69) is 9.97 Å². The largest absolute Gasteiger partial charge is 0.467 e. The number of hydrogen-bond acceptors (Lipinski definition) is 4. The summed E-state index contributed by atoms with van der Waals surface area (Å²) in [6, 6.07) is 7.64. The molecule has 94 valence electrons. The van der Waals surface area contributed by atoms with Crippen molar-refractivity contribution in [2.45, 2.75) is 18.9 Å². The Morgan fingerprint density at radius 2 is 2.33 bits per heavy atom. The van der Waals surface area contributed by atoms with Crippen LogP contribution in [0.1, 0.15) is 12.8 Å². The Balaban J connectivity index is 1.95. The number of carbonyl (C=O) groups excluding carboxylic acids is 1. The number of rotatable bonds is 2. The van der Waals surface area contributed by atoms with Crippen molar-refractivity contribution in [1.29, 1.82) is 0 Å². The van der Waals surface area contributed by atoms with Crippen LogP contribution in [0.3, 0.4) is 0 Å². The Hall–Kier alpha value is -2.04. The first-order chi connectivity index (χ1) is 8.79. The fourth-order valence-corrected chi connectivity index (χ4v) is 2.48. The number of nitrogens with zero attached hydrogens (tertiary/aromatic N) is 2. The SMILES string of the molecule is COC(=O)C1CCCN1c1nc2ccccc2[nH]1. The Morgan fingerprint density at radius 1 is 1.50 bits per heavy atom. The quantitative estimate of drug-likeness (QED) is 0.818. The highest BCUT2D eigenvalue weighted by Gasteiger charge is 2.33. The molecule has 5 heteroatoms. The Labute approximate surface area is 105 Å². The summed E-state index contributed by atoms with van der Waals surface area (Å²) in [5.74, 6) is 0.567. The highest BCUT2D eigenvalue weighted by Crippen LogP contribution is 2.25. The van der Waals surface area contributed by atoms with Crippen LogP contribution in [-0.2, 0) is 9.53 Å².